The van der Waals surface area contributed by atoms with Gasteiger partial charge in [0.2, 0.25) is 5.95 Å². The number of aliphatic hydroxyl groups excluding tert-OH is 2. The number of aliphatic hydroxyl groups is 2. The second-order valence-electron chi connectivity index (χ2n) is 3.62. The van der Waals surface area contributed by atoms with Crippen LogP contribution in [0.25, 0.3) is 0 Å². The Bertz CT molecular complexity index is 408. The Morgan fingerprint density at radius 3 is 2.21 bits per heavy atom. The van der Waals surface area contributed by atoms with Crippen molar-refractivity contribution < 1.29 is 23.4 Å². The molecule has 0 saturated heterocycles. The van der Waals surface area contributed by atoms with Crippen LogP contribution >= 0.6 is 0 Å². The van der Waals surface area contributed by atoms with Crippen molar-refractivity contribution in [2.75, 3.05) is 43.6 Å². The van der Waals surface area contributed by atoms with E-state index in [0.29, 0.717) is 0 Å². The van der Waals surface area contributed by atoms with Gasteiger partial charge in [-0.05, 0) is 0 Å². The maximum Gasteiger partial charge on any atom is 0.433 e. The molecule has 0 unspecified atom stereocenters. The molecule has 1 heterocycles. The zero-order valence-corrected chi connectivity index (χ0v) is 10.3. The first-order valence-electron chi connectivity index (χ1n) is 5.53. The van der Waals surface area contributed by atoms with Crippen LogP contribution in [-0.4, -0.2) is 53.5 Å². The summed E-state index contributed by atoms with van der Waals surface area (Å²) in [6, 6.07) is 0.784. The smallest absolute Gasteiger partial charge is 0.395 e. The van der Waals surface area contributed by atoms with Gasteiger partial charge in [-0.2, -0.15) is 18.2 Å². The van der Waals surface area contributed by atoms with E-state index in [2.05, 4.69) is 15.3 Å². The summed E-state index contributed by atoms with van der Waals surface area (Å²) in [5, 5.41) is 20.2. The Morgan fingerprint density at radius 2 is 1.79 bits per heavy atom. The van der Waals surface area contributed by atoms with Crippen molar-refractivity contribution in [3.63, 3.8) is 0 Å². The van der Waals surface area contributed by atoms with E-state index in [1.54, 1.807) is 0 Å². The monoisotopic (exact) mass is 280 g/mol. The molecule has 0 aromatic carbocycles. The molecule has 1 rings (SSSR count). The third-order valence-electron chi connectivity index (χ3n) is 2.29. The van der Waals surface area contributed by atoms with Gasteiger partial charge in [-0.3, -0.25) is 0 Å². The average molecular weight is 280 g/mol. The molecule has 108 valence electrons. The first-order valence-corrected chi connectivity index (χ1v) is 5.53. The van der Waals surface area contributed by atoms with Crippen LogP contribution in [0.15, 0.2) is 6.07 Å². The molecule has 6 nitrogen and oxygen atoms in total. The fraction of sp³-hybridized carbons (Fsp3) is 0.600. The maximum atomic E-state index is 12.7. The number of hydrogen-bond acceptors (Lipinski definition) is 6. The number of rotatable bonds is 6. The van der Waals surface area contributed by atoms with Gasteiger partial charge in [0, 0.05) is 26.2 Å². The molecule has 0 spiro atoms. The number of nitrogens with one attached hydrogen (secondary N) is 1. The highest BCUT2D eigenvalue weighted by molar-refractivity contribution is 5.45. The summed E-state index contributed by atoms with van der Waals surface area (Å²) in [6.07, 6.45) is -4.59. The van der Waals surface area contributed by atoms with Crippen molar-refractivity contribution in [2.45, 2.75) is 6.18 Å². The summed E-state index contributed by atoms with van der Waals surface area (Å²) in [5.74, 6) is -0.180. The Hall–Kier alpha value is -1.61. The quantitative estimate of drug-likeness (QED) is 0.696. The molecule has 19 heavy (non-hydrogen) atoms. The van der Waals surface area contributed by atoms with E-state index in [0.717, 1.165) is 6.07 Å². The van der Waals surface area contributed by atoms with Gasteiger partial charge in [-0.15, -0.1) is 0 Å². The van der Waals surface area contributed by atoms with Crippen LogP contribution in [0.5, 0.6) is 0 Å². The van der Waals surface area contributed by atoms with Crippen molar-refractivity contribution in [1.82, 2.24) is 9.97 Å². The largest absolute Gasteiger partial charge is 0.433 e. The molecule has 0 fully saturated rings. The van der Waals surface area contributed by atoms with Gasteiger partial charge >= 0.3 is 6.18 Å². The van der Waals surface area contributed by atoms with Crippen molar-refractivity contribution in [3.8, 4) is 0 Å². The van der Waals surface area contributed by atoms with Gasteiger partial charge in [0.05, 0.1) is 13.2 Å². The number of nitrogens with zero attached hydrogens (tertiary/aromatic N) is 3. The van der Waals surface area contributed by atoms with Gasteiger partial charge in [0.25, 0.3) is 0 Å². The third-order valence-corrected chi connectivity index (χ3v) is 2.29. The number of halogens is 3. The molecule has 0 saturated carbocycles. The van der Waals surface area contributed by atoms with Crippen molar-refractivity contribution >= 4 is 11.8 Å². The van der Waals surface area contributed by atoms with Crippen molar-refractivity contribution in [1.29, 1.82) is 0 Å². The molecular formula is C10H15F3N4O2. The lowest BCUT2D eigenvalue weighted by Gasteiger charge is -2.22. The highest BCUT2D eigenvalue weighted by atomic mass is 19.4. The van der Waals surface area contributed by atoms with E-state index in [4.69, 9.17) is 10.2 Å². The molecule has 0 amide bonds. The van der Waals surface area contributed by atoms with E-state index in [9.17, 15) is 13.2 Å². The number of anilines is 2. The SMILES string of the molecule is CNc1nc(N(CCO)CCO)cc(C(F)(F)F)n1. The molecule has 9 heteroatoms. The predicted molar refractivity (Wildman–Crippen MR) is 63.0 cm³/mol. The van der Waals surface area contributed by atoms with Gasteiger partial charge in [0.15, 0.2) is 5.69 Å². The van der Waals surface area contributed by atoms with E-state index in [-0.39, 0.29) is 38.1 Å². The van der Waals surface area contributed by atoms with Crippen LogP contribution in [0.1, 0.15) is 5.69 Å². The molecular weight excluding hydrogens is 265 g/mol. The van der Waals surface area contributed by atoms with Crippen molar-refractivity contribution in [2.24, 2.45) is 0 Å². The van der Waals surface area contributed by atoms with E-state index in [1.165, 1.54) is 11.9 Å². The minimum atomic E-state index is -4.59. The maximum absolute atomic E-state index is 12.7. The van der Waals surface area contributed by atoms with Crippen LogP contribution in [0.3, 0.4) is 0 Å². The van der Waals surface area contributed by atoms with Crippen LogP contribution in [0.2, 0.25) is 0 Å². The standard InChI is InChI=1S/C10H15F3N4O2/c1-14-9-15-7(10(11,12)13)6-8(16-9)17(2-4-18)3-5-19/h6,18-19H,2-5H2,1H3,(H,14,15,16). The van der Waals surface area contributed by atoms with Gasteiger partial charge in [-0.25, -0.2) is 4.98 Å². The highest BCUT2D eigenvalue weighted by Gasteiger charge is 2.34. The molecule has 0 atom stereocenters. The third kappa shape index (κ3) is 4.21. The molecule has 0 aliphatic carbocycles. The average Bonchev–Trinajstić information content (AvgIpc) is 2.37. The molecule has 1 aromatic rings. The van der Waals surface area contributed by atoms with Gasteiger partial charge in [0.1, 0.15) is 5.82 Å². The van der Waals surface area contributed by atoms with E-state index in [1.807, 2.05) is 0 Å². The molecule has 0 bridgehead atoms. The summed E-state index contributed by atoms with van der Waals surface area (Å²) in [7, 11) is 1.40. The zero-order chi connectivity index (χ0) is 14.5. The fourth-order valence-corrected chi connectivity index (χ4v) is 1.44. The zero-order valence-electron chi connectivity index (χ0n) is 10.3. The highest BCUT2D eigenvalue weighted by Crippen LogP contribution is 2.30. The lowest BCUT2D eigenvalue weighted by molar-refractivity contribution is -0.141. The second kappa shape index (κ2) is 6.53. The number of aromatic nitrogens is 2. The van der Waals surface area contributed by atoms with E-state index < -0.39 is 11.9 Å². The lowest BCUT2D eigenvalue weighted by Crippen LogP contribution is -2.31. The summed E-state index contributed by atoms with van der Waals surface area (Å²) in [6.45, 7) is -0.392. The minimum absolute atomic E-state index is 0.00484. The Kier molecular flexibility index (Phi) is 5.31. The van der Waals surface area contributed by atoms with Gasteiger partial charge in [-0.1, -0.05) is 0 Å². The number of alkyl halides is 3. The predicted octanol–water partition coefficient (Wildman–Crippen LogP) is 0.328. The first-order chi connectivity index (χ1) is 8.92. The Labute approximate surface area is 107 Å². The number of hydrogen-bond donors (Lipinski definition) is 3. The lowest BCUT2D eigenvalue weighted by atomic mass is 10.3. The van der Waals surface area contributed by atoms with Gasteiger partial charge < -0.3 is 20.4 Å². The van der Waals surface area contributed by atoms with Crippen LogP contribution in [0, 0.1) is 0 Å². The van der Waals surface area contributed by atoms with Crippen molar-refractivity contribution in [3.05, 3.63) is 11.8 Å². The van der Waals surface area contributed by atoms with E-state index >= 15 is 0 Å². The fourth-order valence-electron chi connectivity index (χ4n) is 1.44. The first kappa shape index (κ1) is 15.4. The van der Waals surface area contributed by atoms with Crippen LogP contribution in [-0.2, 0) is 6.18 Å². The molecule has 0 radical (unpaired) electrons. The Morgan fingerprint density at radius 1 is 1.21 bits per heavy atom. The summed E-state index contributed by atoms with van der Waals surface area (Å²) < 4.78 is 38.1. The molecule has 1 aromatic heterocycles. The van der Waals surface area contributed by atoms with Crippen LogP contribution < -0.4 is 10.2 Å². The normalized spacial score (nSPS) is 11.5. The minimum Gasteiger partial charge on any atom is -0.395 e. The summed E-state index contributed by atoms with van der Waals surface area (Å²) >= 11 is 0. The topological polar surface area (TPSA) is 81.5 Å². The molecule has 0 aliphatic heterocycles. The summed E-state index contributed by atoms with van der Waals surface area (Å²) in [5.41, 5.74) is -1.08. The Balaban J connectivity index is 3.17. The second-order valence-corrected chi connectivity index (χ2v) is 3.62. The molecule has 0 aliphatic rings. The summed E-state index contributed by atoms with van der Waals surface area (Å²) in [4.78, 5) is 8.56. The van der Waals surface area contributed by atoms with Crippen LogP contribution in [0.4, 0.5) is 24.9 Å². The molecule has 3 N–H and O–H groups in total.